The Kier molecular flexibility index (Phi) is 6.27. The molecule has 0 heterocycles. The number of ether oxygens (including phenoxy) is 4. The van der Waals surface area contributed by atoms with Crippen LogP contribution in [-0.2, 0) is 4.74 Å². The standard InChI is InChI=1S/C18H15F3O6/c1-24-13-7-8-16(25-2)14(9-13)15(22)10-26-17(23)11-3-5-12(6-4-11)27-18(19,20)21/h3-9H,10H2,1-2H3. The highest BCUT2D eigenvalue weighted by molar-refractivity contribution is 6.01. The first-order chi connectivity index (χ1) is 12.7. The molecule has 0 aromatic heterocycles. The molecule has 0 saturated heterocycles. The van der Waals surface area contributed by atoms with E-state index in [2.05, 4.69) is 4.74 Å². The molecule has 2 rings (SSSR count). The molecule has 0 aliphatic heterocycles. The number of hydrogen-bond donors (Lipinski definition) is 0. The third-order valence-corrected chi connectivity index (χ3v) is 3.37. The Morgan fingerprint density at radius 2 is 1.56 bits per heavy atom. The summed E-state index contributed by atoms with van der Waals surface area (Å²) < 4.78 is 55.1. The predicted molar refractivity (Wildman–Crippen MR) is 87.3 cm³/mol. The van der Waals surface area contributed by atoms with Crippen LogP contribution in [0.4, 0.5) is 13.2 Å². The van der Waals surface area contributed by atoms with Crippen LogP contribution in [0.3, 0.4) is 0 Å². The Labute approximate surface area is 152 Å². The van der Waals surface area contributed by atoms with Gasteiger partial charge in [0.2, 0.25) is 5.78 Å². The first kappa shape index (κ1) is 20.1. The Morgan fingerprint density at radius 3 is 2.11 bits per heavy atom. The highest BCUT2D eigenvalue weighted by Crippen LogP contribution is 2.25. The lowest BCUT2D eigenvalue weighted by Crippen LogP contribution is -2.17. The van der Waals surface area contributed by atoms with E-state index in [1.54, 1.807) is 6.07 Å². The van der Waals surface area contributed by atoms with Crippen LogP contribution in [-0.4, -0.2) is 38.9 Å². The van der Waals surface area contributed by atoms with Gasteiger partial charge < -0.3 is 18.9 Å². The fourth-order valence-electron chi connectivity index (χ4n) is 2.12. The number of carbonyl (C=O) groups is 2. The fourth-order valence-corrected chi connectivity index (χ4v) is 2.12. The van der Waals surface area contributed by atoms with Gasteiger partial charge in [0, 0.05) is 0 Å². The van der Waals surface area contributed by atoms with Crippen molar-refractivity contribution in [3.63, 3.8) is 0 Å². The highest BCUT2D eigenvalue weighted by Gasteiger charge is 2.31. The van der Waals surface area contributed by atoms with E-state index in [9.17, 15) is 22.8 Å². The third kappa shape index (κ3) is 5.63. The van der Waals surface area contributed by atoms with E-state index in [1.807, 2.05) is 0 Å². The third-order valence-electron chi connectivity index (χ3n) is 3.37. The normalized spacial score (nSPS) is 10.9. The Balaban J connectivity index is 2.02. The minimum atomic E-state index is -4.83. The number of rotatable bonds is 7. The lowest BCUT2D eigenvalue weighted by atomic mass is 10.1. The van der Waals surface area contributed by atoms with Crippen molar-refractivity contribution in [3.8, 4) is 17.2 Å². The molecule has 0 aliphatic rings. The zero-order valence-electron chi connectivity index (χ0n) is 14.3. The van der Waals surface area contributed by atoms with Crippen molar-refractivity contribution in [1.82, 2.24) is 0 Å². The van der Waals surface area contributed by atoms with E-state index in [-0.39, 0.29) is 16.9 Å². The first-order valence-electron chi connectivity index (χ1n) is 7.51. The number of methoxy groups -OCH3 is 2. The molecule has 0 fully saturated rings. The predicted octanol–water partition coefficient (Wildman–Crippen LogP) is 3.64. The van der Waals surface area contributed by atoms with E-state index >= 15 is 0 Å². The number of esters is 1. The molecule has 0 radical (unpaired) electrons. The van der Waals surface area contributed by atoms with Gasteiger partial charge in [-0.15, -0.1) is 13.2 Å². The Morgan fingerprint density at radius 1 is 0.926 bits per heavy atom. The van der Waals surface area contributed by atoms with E-state index in [4.69, 9.17) is 14.2 Å². The van der Waals surface area contributed by atoms with Gasteiger partial charge in [0.05, 0.1) is 25.3 Å². The molecule has 144 valence electrons. The lowest BCUT2D eigenvalue weighted by molar-refractivity contribution is -0.274. The van der Waals surface area contributed by atoms with E-state index < -0.39 is 30.5 Å². The molecular formula is C18H15F3O6. The SMILES string of the molecule is COc1ccc(OC)c(C(=O)COC(=O)c2ccc(OC(F)(F)F)cc2)c1. The largest absolute Gasteiger partial charge is 0.573 e. The molecule has 0 aliphatic carbocycles. The van der Waals surface area contributed by atoms with E-state index in [0.717, 1.165) is 24.3 Å². The van der Waals surface area contributed by atoms with Crippen molar-refractivity contribution in [1.29, 1.82) is 0 Å². The van der Waals surface area contributed by atoms with Gasteiger partial charge >= 0.3 is 12.3 Å². The van der Waals surface area contributed by atoms with Crippen LogP contribution in [0.25, 0.3) is 0 Å². The van der Waals surface area contributed by atoms with Crippen molar-refractivity contribution in [2.45, 2.75) is 6.36 Å². The van der Waals surface area contributed by atoms with Gasteiger partial charge in [-0.1, -0.05) is 0 Å². The average Bonchev–Trinajstić information content (AvgIpc) is 2.64. The van der Waals surface area contributed by atoms with Crippen molar-refractivity contribution in [2.24, 2.45) is 0 Å². The maximum atomic E-state index is 12.3. The summed E-state index contributed by atoms with van der Waals surface area (Å²) in [6.45, 7) is -0.580. The maximum Gasteiger partial charge on any atom is 0.573 e. The second-order valence-electron chi connectivity index (χ2n) is 5.14. The highest BCUT2D eigenvalue weighted by atomic mass is 19.4. The zero-order valence-corrected chi connectivity index (χ0v) is 14.3. The second-order valence-corrected chi connectivity index (χ2v) is 5.14. The summed E-state index contributed by atoms with van der Waals surface area (Å²) in [6, 6.07) is 8.71. The fraction of sp³-hybridized carbons (Fsp3) is 0.222. The molecule has 2 aromatic carbocycles. The van der Waals surface area contributed by atoms with Gasteiger partial charge in [-0.25, -0.2) is 4.79 Å². The number of halogens is 3. The molecule has 6 nitrogen and oxygen atoms in total. The molecule has 9 heteroatoms. The number of hydrogen-bond acceptors (Lipinski definition) is 6. The summed E-state index contributed by atoms with van der Waals surface area (Å²) in [7, 11) is 2.82. The average molecular weight is 384 g/mol. The molecule has 2 aromatic rings. The molecule has 0 saturated carbocycles. The van der Waals surface area contributed by atoms with Gasteiger partial charge in [0.15, 0.2) is 6.61 Å². The van der Waals surface area contributed by atoms with Crippen molar-refractivity contribution in [3.05, 3.63) is 53.6 Å². The van der Waals surface area contributed by atoms with Crippen molar-refractivity contribution in [2.75, 3.05) is 20.8 Å². The molecule has 0 unspecified atom stereocenters. The van der Waals surface area contributed by atoms with Crippen molar-refractivity contribution >= 4 is 11.8 Å². The Hall–Kier alpha value is -3.23. The minimum absolute atomic E-state index is 0.0325. The van der Waals surface area contributed by atoms with Crippen LogP contribution in [0.2, 0.25) is 0 Å². The molecule has 0 atom stereocenters. The second kappa shape index (κ2) is 8.43. The number of benzene rings is 2. The van der Waals surface area contributed by atoms with Gasteiger partial charge in [-0.3, -0.25) is 4.79 Å². The van der Waals surface area contributed by atoms with Crippen LogP contribution >= 0.6 is 0 Å². The summed E-state index contributed by atoms with van der Waals surface area (Å²) in [5.74, 6) is -1.17. The molecule has 0 bridgehead atoms. The number of Topliss-reactive ketones (excluding diaryl/α,β-unsaturated/α-hetero) is 1. The number of carbonyl (C=O) groups excluding carboxylic acids is 2. The summed E-state index contributed by atoms with van der Waals surface area (Å²) in [4.78, 5) is 24.2. The van der Waals surface area contributed by atoms with Gasteiger partial charge in [0.25, 0.3) is 0 Å². The van der Waals surface area contributed by atoms with Crippen molar-refractivity contribution < 1.29 is 41.7 Å². The van der Waals surface area contributed by atoms with Gasteiger partial charge in [-0.05, 0) is 42.5 Å². The molecule has 0 amide bonds. The van der Waals surface area contributed by atoms with Crippen LogP contribution in [0.15, 0.2) is 42.5 Å². The van der Waals surface area contributed by atoms with Crippen LogP contribution < -0.4 is 14.2 Å². The topological polar surface area (TPSA) is 71.1 Å². The van der Waals surface area contributed by atoms with Gasteiger partial charge in [0.1, 0.15) is 17.2 Å². The molecule has 0 spiro atoms. The summed E-state index contributed by atoms with van der Waals surface area (Å²) in [5, 5.41) is 0. The molecule has 27 heavy (non-hydrogen) atoms. The number of alkyl halides is 3. The minimum Gasteiger partial charge on any atom is -0.497 e. The Bertz CT molecular complexity index is 815. The zero-order chi connectivity index (χ0) is 20.0. The summed E-state index contributed by atoms with van der Waals surface area (Å²) in [5.41, 5.74) is 0.133. The van der Waals surface area contributed by atoms with E-state index in [1.165, 1.54) is 26.4 Å². The van der Waals surface area contributed by atoms with Crippen LogP contribution in [0.5, 0.6) is 17.2 Å². The van der Waals surface area contributed by atoms with E-state index in [0.29, 0.717) is 5.75 Å². The summed E-state index contributed by atoms with van der Waals surface area (Å²) >= 11 is 0. The quantitative estimate of drug-likeness (QED) is 0.536. The molecular weight excluding hydrogens is 369 g/mol. The monoisotopic (exact) mass is 384 g/mol. The van der Waals surface area contributed by atoms with Crippen LogP contribution in [0.1, 0.15) is 20.7 Å². The first-order valence-corrected chi connectivity index (χ1v) is 7.51. The summed E-state index contributed by atoms with van der Waals surface area (Å²) in [6.07, 6.45) is -4.83. The van der Waals surface area contributed by atoms with Gasteiger partial charge in [-0.2, -0.15) is 0 Å². The number of ketones is 1. The maximum absolute atomic E-state index is 12.3. The lowest BCUT2D eigenvalue weighted by Gasteiger charge is -2.11. The van der Waals surface area contributed by atoms with Crippen LogP contribution in [0, 0.1) is 0 Å². The molecule has 0 N–H and O–H groups in total. The smallest absolute Gasteiger partial charge is 0.497 e.